The first-order valence-corrected chi connectivity index (χ1v) is 4.84. The molecule has 0 unspecified atom stereocenters. The number of nitrogens with one attached hydrogen (secondary N) is 1. The van der Waals surface area contributed by atoms with E-state index in [-0.39, 0.29) is 5.97 Å². The van der Waals surface area contributed by atoms with Crippen molar-refractivity contribution in [3.8, 4) is 0 Å². The van der Waals surface area contributed by atoms with E-state index in [9.17, 15) is 4.79 Å². The molecule has 0 radical (unpaired) electrons. The van der Waals surface area contributed by atoms with Crippen LogP contribution in [0.2, 0.25) is 0 Å². The lowest BCUT2D eigenvalue weighted by atomic mass is 10.2. The Labute approximate surface area is 88.1 Å². The Morgan fingerprint density at radius 3 is 2.93 bits per heavy atom. The number of carbonyl (C=O) groups is 1. The highest BCUT2D eigenvalue weighted by atomic mass is 16.5. The molecule has 0 fully saturated rings. The van der Waals surface area contributed by atoms with Crippen LogP contribution in [0.1, 0.15) is 11.3 Å². The maximum Gasteiger partial charge on any atom is 0.311 e. The van der Waals surface area contributed by atoms with E-state index in [4.69, 9.17) is 0 Å². The summed E-state index contributed by atoms with van der Waals surface area (Å²) in [5, 5.41) is 1.12. The largest absolute Gasteiger partial charge is 0.469 e. The van der Waals surface area contributed by atoms with E-state index in [1.54, 1.807) is 0 Å². The lowest BCUT2D eigenvalue weighted by molar-refractivity contribution is -0.139. The van der Waals surface area contributed by atoms with E-state index >= 15 is 0 Å². The van der Waals surface area contributed by atoms with Crippen LogP contribution >= 0.6 is 0 Å². The van der Waals surface area contributed by atoms with Crippen LogP contribution in [0, 0.1) is 6.92 Å². The zero-order valence-corrected chi connectivity index (χ0v) is 8.83. The molecule has 0 aliphatic heterocycles. The Morgan fingerprint density at radius 2 is 2.20 bits per heavy atom. The van der Waals surface area contributed by atoms with Gasteiger partial charge in [-0.05, 0) is 30.0 Å². The number of esters is 1. The van der Waals surface area contributed by atoms with Gasteiger partial charge in [-0.1, -0.05) is 12.1 Å². The summed E-state index contributed by atoms with van der Waals surface area (Å²) >= 11 is 0. The van der Waals surface area contributed by atoms with Crippen LogP contribution in [-0.2, 0) is 16.0 Å². The molecule has 1 aromatic carbocycles. The molecule has 3 nitrogen and oxygen atoms in total. The third-order valence-electron chi connectivity index (χ3n) is 2.40. The quantitative estimate of drug-likeness (QED) is 0.760. The Morgan fingerprint density at radius 1 is 1.40 bits per heavy atom. The van der Waals surface area contributed by atoms with Crippen LogP contribution in [0.5, 0.6) is 0 Å². The molecule has 0 aliphatic rings. The van der Waals surface area contributed by atoms with Crippen LogP contribution in [0.4, 0.5) is 0 Å². The number of hydrogen-bond donors (Lipinski definition) is 1. The fourth-order valence-corrected chi connectivity index (χ4v) is 1.62. The number of carbonyl (C=O) groups excluding carboxylic acids is 1. The van der Waals surface area contributed by atoms with Crippen molar-refractivity contribution in [2.45, 2.75) is 13.3 Å². The first-order valence-electron chi connectivity index (χ1n) is 4.84. The predicted octanol–water partition coefficient (Wildman–Crippen LogP) is 2.19. The number of rotatable bonds is 2. The normalized spacial score (nSPS) is 10.5. The Bertz CT molecular complexity index is 499. The number of fused-ring (bicyclic) bond motifs is 1. The highest BCUT2D eigenvalue weighted by Gasteiger charge is 2.06. The van der Waals surface area contributed by atoms with Crippen LogP contribution in [0.25, 0.3) is 10.9 Å². The third-order valence-corrected chi connectivity index (χ3v) is 2.40. The van der Waals surface area contributed by atoms with E-state index in [0.717, 1.165) is 16.6 Å². The third kappa shape index (κ3) is 2.01. The smallest absolute Gasteiger partial charge is 0.311 e. The van der Waals surface area contributed by atoms with E-state index < -0.39 is 0 Å². The summed E-state index contributed by atoms with van der Waals surface area (Å²) in [5.74, 6) is -0.224. The number of methoxy groups -OCH3 is 1. The topological polar surface area (TPSA) is 42.1 Å². The molecule has 15 heavy (non-hydrogen) atoms. The van der Waals surface area contributed by atoms with Gasteiger partial charge in [0.1, 0.15) is 0 Å². The lowest BCUT2D eigenvalue weighted by Crippen LogP contribution is -2.04. The summed E-state index contributed by atoms with van der Waals surface area (Å²) < 4.78 is 4.61. The molecule has 0 atom stereocenters. The van der Waals surface area contributed by atoms with Crippen molar-refractivity contribution in [3.63, 3.8) is 0 Å². The molecule has 0 saturated heterocycles. The van der Waals surface area contributed by atoms with E-state index in [0.29, 0.717) is 6.42 Å². The zero-order valence-electron chi connectivity index (χ0n) is 8.83. The number of aryl methyl sites for hydroxylation is 1. The minimum absolute atomic E-state index is 0.224. The van der Waals surface area contributed by atoms with Crippen molar-refractivity contribution in [1.82, 2.24) is 4.98 Å². The molecule has 1 aromatic heterocycles. The van der Waals surface area contributed by atoms with Crippen molar-refractivity contribution >= 4 is 16.9 Å². The second-order valence-electron chi connectivity index (χ2n) is 3.64. The molecule has 2 aromatic rings. The number of hydrogen-bond acceptors (Lipinski definition) is 2. The van der Waals surface area contributed by atoms with Gasteiger partial charge in [-0.3, -0.25) is 4.79 Å². The minimum Gasteiger partial charge on any atom is -0.469 e. The van der Waals surface area contributed by atoms with Crippen molar-refractivity contribution in [3.05, 3.63) is 35.5 Å². The van der Waals surface area contributed by atoms with Gasteiger partial charge in [0.25, 0.3) is 0 Å². The highest BCUT2D eigenvalue weighted by molar-refractivity contribution is 5.83. The molecule has 0 saturated carbocycles. The second kappa shape index (κ2) is 3.77. The fraction of sp³-hybridized carbons (Fsp3) is 0.250. The summed E-state index contributed by atoms with van der Waals surface area (Å²) in [6, 6.07) is 8.14. The molecule has 2 rings (SSSR count). The zero-order chi connectivity index (χ0) is 10.8. The molecule has 1 heterocycles. The summed E-state index contributed by atoms with van der Waals surface area (Å²) in [6.45, 7) is 2.04. The standard InChI is InChI=1S/C12H13NO2/c1-8-3-4-9-6-10(7-12(14)15-2)13-11(9)5-8/h3-6,13H,7H2,1-2H3. The molecule has 0 bridgehead atoms. The van der Waals surface area contributed by atoms with Crippen molar-refractivity contribution in [2.24, 2.45) is 0 Å². The molecule has 1 N–H and O–H groups in total. The van der Waals surface area contributed by atoms with Gasteiger partial charge in [-0.2, -0.15) is 0 Å². The Hall–Kier alpha value is -1.77. The molecule has 78 valence electrons. The van der Waals surface area contributed by atoms with Crippen LogP contribution in [0.15, 0.2) is 24.3 Å². The minimum atomic E-state index is -0.224. The van der Waals surface area contributed by atoms with Gasteiger partial charge < -0.3 is 9.72 Å². The van der Waals surface area contributed by atoms with Crippen molar-refractivity contribution in [2.75, 3.05) is 7.11 Å². The first-order chi connectivity index (χ1) is 7.19. The van der Waals surface area contributed by atoms with E-state index in [1.807, 2.05) is 19.1 Å². The van der Waals surface area contributed by atoms with Gasteiger partial charge >= 0.3 is 5.97 Å². The van der Waals surface area contributed by atoms with Crippen molar-refractivity contribution in [1.29, 1.82) is 0 Å². The molecule has 0 spiro atoms. The number of H-pyrrole nitrogens is 1. The van der Waals surface area contributed by atoms with E-state index in [2.05, 4.69) is 21.9 Å². The molecular formula is C12H13NO2. The van der Waals surface area contributed by atoms with Gasteiger partial charge in [0, 0.05) is 11.2 Å². The average molecular weight is 203 g/mol. The van der Waals surface area contributed by atoms with Crippen LogP contribution in [0.3, 0.4) is 0 Å². The summed E-state index contributed by atoms with van der Waals surface area (Å²) in [7, 11) is 1.40. The van der Waals surface area contributed by atoms with Crippen LogP contribution in [-0.4, -0.2) is 18.1 Å². The first kappa shape index (κ1) is 9.77. The SMILES string of the molecule is COC(=O)Cc1cc2ccc(C)cc2[nH]1. The summed E-state index contributed by atoms with van der Waals surface area (Å²) in [5.41, 5.74) is 3.16. The number of aromatic nitrogens is 1. The maximum absolute atomic E-state index is 11.1. The van der Waals surface area contributed by atoms with Crippen molar-refractivity contribution < 1.29 is 9.53 Å². The van der Waals surface area contributed by atoms with Gasteiger partial charge in [-0.25, -0.2) is 0 Å². The monoisotopic (exact) mass is 203 g/mol. The summed E-state index contributed by atoms with van der Waals surface area (Å²) in [4.78, 5) is 14.3. The van der Waals surface area contributed by atoms with Gasteiger partial charge in [-0.15, -0.1) is 0 Å². The number of ether oxygens (including phenoxy) is 1. The Kier molecular flexibility index (Phi) is 2.46. The van der Waals surface area contributed by atoms with Crippen LogP contribution < -0.4 is 0 Å². The van der Waals surface area contributed by atoms with E-state index in [1.165, 1.54) is 12.7 Å². The molecular weight excluding hydrogens is 190 g/mol. The van der Waals surface area contributed by atoms with Gasteiger partial charge in [0.2, 0.25) is 0 Å². The second-order valence-corrected chi connectivity index (χ2v) is 3.64. The highest BCUT2D eigenvalue weighted by Crippen LogP contribution is 2.17. The molecule has 3 heteroatoms. The Balaban J connectivity index is 2.34. The lowest BCUT2D eigenvalue weighted by Gasteiger charge is -1.94. The number of benzene rings is 1. The fourth-order valence-electron chi connectivity index (χ4n) is 1.62. The number of aromatic amines is 1. The maximum atomic E-state index is 11.1. The average Bonchev–Trinajstić information content (AvgIpc) is 2.59. The molecule has 0 amide bonds. The van der Waals surface area contributed by atoms with Gasteiger partial charge in [0.15, 0.2) is 0 Å². The summed E-state index contributed by atoms with van der Waals surface area (Å²) in [6.07, 6.45) is 0.296. The van der Waals surface area contributed by atoms with Gasteiger partial charge in [0.05, 0.1) is 13.5 Å². The predicted molar refractivity (Wildman–Crippen MR) is 58.8 cm³/mol. The molecule has 0 aliphatic carbocycles.